The van der Waals surface area contributed by atoms with Crippen LogP contribution in [-0.4, -0.2) is 12.1 Å². The van der Waals surface area contributed by atoms with Crippen LogP contribution >= 0.6 is 0 Å². The summed E-state index contributed by atoms with van der Waals surface area (Å²) in [5, 5.41) is 7.37. The fourth-order valence-corrected chi connectivity index (χ4v) is 1.54. The van der Waals surface area contributed by atoms with E-state index in [1.807, 2.05) is 6.08 Å². The zero-order valence-corrected chi connectivity index (χ0v) is 8.58. The van der Waals surface area contributed by atoms with Gasteiger partial charge in [-0.25, -0.2) is 0 Å². The molecule has 0 saturated carbocycles. The minimum absolute atomic E-state index is 0.0994. The van der Waals surface area contributed by atoms with E-state index in [2.05, 4.69) is 13.8 Å². The Hall–Kier alpha value is -1.38. The van der Waals surface area contributed by atoms with Crippen LogP contribution in [0.4, 0.5) is 0 Å². The van der Waals surface area contributed by atoms with Gasteiger partial charge >= 0.3 is 0 Å². The summed E-state index contributed by atoms with van der Waals surface area (Å²) in [6, 6.07) is 0. The van der Waals surface area contributed by atoms with Gasteiger partial charge in [-0.2, -0.15) is 0 Å². The minimum atomic E-state index is -0.0994. The summed E-state index contributed by atoms with van der Waals surface area (Å²) in [7, 11) is 0. The molecule has 0 aromatic rings. The van der Waals surface area contributed by atoms with Crippen molar-refractivity contribution in [3.05, 3.63) is 23.3 Å². The summed E-state index contributed by atoms with van der Waals surface area (Å²) in [5.41, 5.74) is 7.27. The van der Waals surface area contributed by atoms with Crippen molar-refractivity contribution in [2.75, 3.05) is 0 Å². The molecule has 1 unspecified atom stereocenters. The first kappa shape index (κ1) is 10.7. The van der Waals surface area contributed by atoms with Crippen LogP contribution in [0.1, 0.15) is 20.3 Å². The van der Waals surface area contributed by atoms with Crippen molar-refractivity contribution in [3.63, 3.8) is 0 Å². The Morgan fingerprint density at radius 3 is 2.79 bits per heavy atom. The molecule has 0 heterocycles. The third-order valence-corrected chi connectivity index (χ3v) is 2.48. The number of hydrogen-bond acceptors (Lipinski definition) is 2. The van der Waals surface area contributed by atoms with Crippen molar-refractivity contribution < 1.29 is 4.79 Å². The van der Waals surface area contributed by atoms with E-state index in [1.54, 1.807) is 6.08 Å². The van der Waals surface area contributed by atoms with Gasteiger partial charge in [-0.3, -0.25) is 10.2 Å². The SMILES string of the molecule is CC(C)C1=CC(C=O)=CC(C(=N)N)C1. The molecule has 0 fully saturated rings. The van der Waals surface area contributed by atoms with E-state index in [4.69, 9.17) is 11.1 Å². The number of hydrogen-bond donors (Lipinski definition) is 2. The average molecular weight is 192 g/mol. The lowest BCUT2D eigenvalue weighted by Crippen LogP contribution is -2.24. The molecule has 3 N–H and O–H groups in total. The number of amidine groups is 1. The Balaban J connectivity index is 2.94. The molecule has 0 aliphatic heterocycles. The van der Waals surface area contributed by atoms with Gasteiger partial charge in [0, 0.05) is 11.5 Å². The number of allylic oxidation sites excluding steroid dienone is 3. The lowest BCUT2D eigenvalue weighted by Gasteiger charge is -2.21. The van der Waals surface area contributed by atoms with Crippen molar-refractivity contribution in [2.45, 2.75) is 20.3 Å². The van der Waals surface area contributed by atoms with Gasteiger partial charge in [0.05, 0.1) is 5.84 Å². The average Bonchev–Trinajstić information content (AvgIpc) is 2.16. The van der Waals surface area contributed by atoms with Gasteiger partial charge in [-0.05, 0) is 12.3 Å². The van der Waals surface area contributed by atoms with Crippen LogP contribution in [0, 0.1) is 17.2 Å². The summed E-state index contributed by atoms with van der Waals surface area (Å²) in [5.74, 6) is 0.439. The van der Waals surface area contributed by atoms with Gasteiger partial charge in [0.1, 0.15) is 6.29 Å². The summed E-state index contributed by atoms with van der Waals surface area (Å²) in [6.45, 7) is 4.16. The Morgan fingerprint density at radius 1 is 1.71 bits per heavy atom. The Labute approximate surface area is 84.2 Å². The molecule has 0 saturated heterocycles. The number of rotatable bonds is 3. The molecule has 1 aliphatic rings. The number of nitrogens with one attached hydrogen (secondary N) is 1. The monoisotopic (exact) mass is 192 g/mol. The molecule has 0 bridgehead atoms. The molecule has 1 rings (SSSR count). The fraction of sp³-hybridized carbons (Fsp3) is 0.455. The Bertz CT molecular complexity index is 313. The molecule has 0 aromatic carbocycles. The van der Waals surface area contributed by atoms with Gasteiger partial charge in [0.15, 0.2) is 0 Å². The van der Waals surface area contributed by atoms with E-state index in [0.29, 0.717) is 11.5 Å². The second-order valence-electron chi connectivity index (χ2n) is 3.92. The Kier molecular flexibility index (Phi) is 3.23. The first-order valence-electron chi connectivity index (χ1n) is 4.76. The molecule has 0 amide bonds. The highest BCUT2D eigenvalue weighted by molar-refractivity contribution is 5.86. The van der Waals surface area contributed by atoms with Crippen molar-refractivity contribution >= 4 is 12.1 Å². The lowest BCUT2D eigenvalue weighted by molar-refractivity contribution is -0.104. The van der Waals surface area contributed by atoms with Gasteiger partial charge in [-0.1, -0.05) is 31.6 Å². The van der Waals surface area contributed by atoms with Crippen molar-refractivity contribution in [3.8, 4) is 0 Å². The molecule has 14 heavy (non-hydrogen) atoms. The predicted molar refractivity (Wildman–Crippen MR) is 57.1 cm³/mol. The molecular formula is C11H16N2O. The summed E-state index contributed by atoms with van der Waals surface area (Å²) in [4.78, 5) is 10.7. The standard InChI is InChI=1S/C11H16N2O/c1-7(2)9-3-8(6-14)4-10(5-9)11(12)13/h3-4,6-7,10H,5H2,1-2H3,(H3,12,13). The van der Waals surface area contributed by atoms with Gasteiger partial charge in [0.2, 0.25) is 0 Å². The molecule has 3 heteroatoms. The maximum absolute atomic E-state index is 10.7. The maximum atomic E-state index is 10.7. The van der Waals surface area contributed by atoms with Crippen LogP contribution in [0.15, 0.2) is 23.3 Å². The van der Waals surface area contributed by atoms with Crippen LogP contribution in [-0.2, 0) is 4.79 Å². The molecule has 0 aromatic heterocycles. The van der Waals surface area contributed by atoms with Gasteiger partial charge < -0.3 is 5.73 Å². The number of nitrogens with two attached hydrogens (primary N) is 1. The molecule has 76 valence electrons. The molecule has 3 nitrogen and oxygen atoms in total. The second kappa shape index (κ2) is 4.22. The Morgan fingerprint density at radius 2 is 2.36 bits per heavy atom. The minimum Gasteiger partial charge on any atom is -0.387 e. The molecule has 0 radical (unpaired) electrons. The first-order valence-corrected chi connectivity index (χ1v) is 4.76. The first-order chi connectivity index (χ1) is 6.54. The molecule has 0 spiro atoms. The third kappa shape index (κ3) is 2.31. The number of carbonyl (C=O) groups is 1. The summed E-state index contributed by atoms with van der Waals surface area (Å²) < 4.78 is 0. The molecule has 1 aliphatic carbocycles. The van der Waals surface area contributed by atoms with E-state index < -0.39 is 0 Å². The quantitative estimate of drug-likeness (QED) is 0.405. The van der Waals surface area contributed by atoms with Crippen molar-refractivity contribution in [1.29, 1.82) is 5.41 Å². The van der Waals surface area contributed by atoms with E-state index in [-0.39, 0.29) is 11.8 Å². The molecule has 1 atom stereocenters. The second-order valence-corrected chi connectivity index (χ2v) is 3.92. The summed E-state index contributed by atoms with van der Waals surface area (Å²) in [6.07, 6.45) is 5.25. The van der Waals surface area contributed by atoms with Crippen LogP contribution < -0.4 is 5.73 Å². The number of aldehydes is 1. The van der Waals surface area contributed by atoms with E-state index in [9.17, 15) is 4.79 Å². The van der Waals surface area contributed by atoms with Crippen LogP contribution in [0.25, 0.3) is 0 Å². The summed E-state index contributed by atoms with van der Waals surface area (Å²) >= 11 is 0. The van der Waals surface area contributed by atoms with Crippen LogP contribution in [0.3, 0.4) is 0 Å². The number of carbonyl (C=O) groups excluding carboxylic acids is 1. The molecular weight excluding hydrogens is 176 g/mol. The highest BCUT2D eigenvalue weighted by Crippen LogP contribution is 2.26. The van der Waals surface area contributed by atoms with Gasteiger partial charge in [-0.15, -0.1) is 0 Å². The normalized spacial score (nSPS) is 21.5. The lowest BCUT2D eigenvalue weighted by atomic mass is 9.85. The largest absolute Gasteiger partial charge is 0.387 e. The van der Waals surface area contributed by atoms with Crippen LogP contribution in [0.2, 0.25) is 0 Å². The van der Waals surface area contributed by atoms with Crippen LogP contribution in [0.5, 0.6) is 0 Å². The predicted octanol–water partition coefficient (Wildman–Crippen LogP) is 1.65. The van der Waals surface area contributed by atoms with E-state index in [0.717, 1.165) is 12.7 Å². The zero-order valence-electron chi connectivity index (χ0n) is 8.58. The van der Waals surface area contributed by atoms with E-state index in [1.165, 1.54) is 5.57 Å². The van der Waals surface area contributed by atoms with Gasteiger partial charge in [0.25, 0.3) is 0 Å². The smallest absolute Gasteiger partial charge is 0.149 e. The maximum Gasteiger partial charge on any atom is 0.149 e. The highest BCUT2D eigenvalue weighted by Gasteiger charge is 2.18. The van der Waals surface area contributed by atoms with Crippen molar-refractivity contribution in [1.82, 2.24) is 0 Å². The van der Waals surface area contributed by atoms with Crippen molar-refractivity contribution in [2.24, 2.45) is 17.6 Å². The zero-order chi connectivity index (χ0) is 10.7. The fourth-order valence-electron chi connectivity index (χ4n) is 1.54. The third-order valence-electron chi connectivity index (χ3n) is 2.48. The highest BCUT2D eigenvalue weighted by atomic mass is 16.1. The van der Waals surface area contributed by atoms with E-state index >= 15 is 0 Å². The topological polar surface area (TPSA) is 66.9 Å².